The van der Waals surface area contributed by atoms with Gasteiger partial charge in [0.15, 0.2) is 4.67 Å². The molecule has 2 heterocycles. The van der Waals surface area contributed by atoms with Gasteiger partial charge in [-0.05, 0) is 45.4 Å². The maximum atomic E-state index is 12.2. The second-order valence-corrected chi connectivity index (χ2v) is 7.24. The number of halogens is 1. The van der Waals surface area contributed by atoms with E-state index in [9.17, 15) is 9.59 Å². The van der Waals surface area contributed by atoms with Gasteiger partial charge in [0.1, 0.15) is 11.8 Å². The van der Waals surface area contributed by atoms with E-state index in [1.807, 2.05) is 31.4 Å². The number of nitrogens with one attached hydrogen (secondary N) is 2. The molecule has 0 fully saturated rings. The van der Waals surface area contributed by atoms with Crippen molar-refractivity contribution in [1.82, 2.24) is 10.7 Å². The van der Waals surface area contributed by atoms with Gasteiger partial charge >= 0.3 is 0 Å². The topological polar surface area (TPSA) is 83.7 Å². The number of nitrogens with zero attached hydrogens (tertiary/aromatic N) is 1. The van der Waals surface area contributed by atoms with Gasteiger partial charge in [-0.3, -0.25) is 9.59 Å². The minimum atomic E-state index is -0.655. The molecule has 2 rings (SSSR count). The van der Waals surface area contributed by atoms with Crippen LogP contribution in [-0.2, 0) is 16.0 Å². The van der Waals surface area contributed by atoms with Crippen molar-refractivity contribution in [2.45, 2.75) is 26.3 Å². The fourth-order valence-electron chi connectivity index (χ4n) is 1.96. The van der Waals surface area contributed by atoms with Gasteiger partial charge in [0, 0.05) is 4.88 Å². The lowest BCUT2D eigenvalue weighted by molar-refractivity contribution is -0.129. The molecular weight excluding hydrogens is 394 g/mol. The highest BCUT2D eigenvalue weighted by Crippen LogP contribution is 2.12. The molecule has 0 saturated carbocycles. The molecule has 2 amide bonds. The Morgan fingerprint density at radius 1 is 1.38 bits per heavy atom. The van der Waals surface area contributed by atoms with Crippen LogP contribution in [0.15, 0.2) is 43.8 Å². The number of thiophene rings is 1. The van der Waals surface area contributed by atoms with Crippen molar-refractivity contribution in [2.75, 3.05) is 0 Å². The molecule has 6 nitrogen and oxygen atoms in total. The van der Waals surface area contributed by atoms with E-state index in [2.05, 4.69) is 31.8 Å². The van der Waals surface area contributed by atoms with E-state index in [0.717, 1.165) is 4.88 Å². The minimum Gasteiger partial charge on any atom is -0.448 e. The highest BCUT2D eigenvalue weighted by molar-refractivity contribution is 9.10. The number of carbonyl (C=O) groups is 2. The summed E-state index contributed by atoms with van der Waals surface area (Å²) in [7, 11) is 0. The van der Waals surface area contributed by atoms with Gasteiger partial charge in [-0.25, -0.2) is 5.43 Å². The smallest absolute Gasteiger partial charge is 0.262 e. The number of hydrazone groups is 1. The van der Waals surface area contributed by atoms with Crippen molar-refractivity contribution in [2.24, 2.45) is 11.0 Å². The van der Waals surface area contributed by atoms with Crippen molar-refractivity contribution >= 4 is 45.3 Å². The van der Waals surface area contributed by atoms with E-state index >= 15 is 0 Å². The van der Waals surface area contributed by atoms with Crippen molar-refractivity contribution in [1.29, 1.82) is 0 Å². The molecule has 0 aliphatic rings. The molecule has 0 bridgehead atoms. The van der Waals surface area contributed by atoms with Crippen LogP contribution in [0.25, 0.3) is 0 Å². The van der Waals surface area contributed by atoms with Gasteiger partial charge in [0.05, 0.1) is 12.6 Å². The molecule has 24 heavy (non-hydrogen) atoms. The third-order valence-corrected chi connectivity index (χ3v) is 4.44. The Balaban J connectivity index is 1.89. The van der Waals surface area contributed by atoms with E-state index in [1.165, 1.54) is 17.6 Å². The van der Waals surface area contributed by atoms with Crippen LogP contribution < -0.4 is 10.7 Å². The van der Waals surface area contributed by atoms with Crippen LogP contribution in [0.2, 0.25) is 0 Å². The SMILES string of the molecule is CC(C)[C@H](NC(=O)Cc1cccs1)C(=O)N/N=C/c1ccc(Br)o1. The van der Waals surface area contributed by atoms with Crippen LogP contribution in [0.1, 0.15) is 24.5 Å². The van der Waals surface area contributed by atoms with Crippen molar-refractivity contribution in [3.63, 3.8) is 0 Å². The maximum absolute atomic E-state index is 12.2. The summed E-state index contributed by atoms with van der Waals surface area (Å²) >= 11 is 4.69. The largest absolute Gasteiger partial charge is 0.448 e. The Morgan fingerprint density at radius 3 is 2.75 bits per heavy atom. The molecule has 0 spiro atoms. The van der Waals surface area contributed by atoms with Gasteiger partial charge in [-0.1, -0.05) is 19.9 Å². The zero-order valence-electron chi connectivity index (χ0n) is 13.3. The Kier molecular flexibility index (Phi) is 6.74. The molecule has 2 N–H and O–H groups in total. The number of carbonyl (C=O) groups excluding carboxylic acids is 2. The molecule has 1 atom stereocenters. The van der Waals surface area contributed by atoms with Crippen LogP contribution in [-0.4, -0.2) is 24.1 Å². The molecule has 0 saturated heterocycles. The highest BCUT2D eigenvalue weighted by atomic mass is 79.9. The van der Waals surface area contributed by atoms with Crippen molar-refractivity contribution < 1.29 is 14.0 Å². The van der Waals surface area contributed by atoms with Gasteiger partial charge in [-0.15, -0.1) is 11.3 Å². The highest BCUT2D eigenvalue weighted by Gasteiger charge is 2.24. The molecule has 0 unspecified atom stereocenters. The number of hydrogen-bond acceptors (Lipinski definition) is 5. The van der Waals surface area contributed by atoms with E-state index in [0.29, 0.717) is 10.4 Å². The number of hydrogen-bond donors (Lipinski definition) is 2. The van der Waals surface area contributed by atoms with E-state index < -0.39 is 6.04 Å². The first-order chi connectivity index (χ1) is 11.5. The molecule has 0 aliphatic carbocycles. The molecule has 2 aromatic rings. The van der Waals surface area contributed by atoms with Gasteiger partial charge < -0.3 is 9.73 Å². The second kappa shape index (κ2) is 8.79. The van der Waals surface area contributed by atoms with Gasteiger partial charge in [-0.2, -0.15) is 5.10 Å². The lowest BCUT2D eigenvalue weighted by Crippen LogP contribution is -2.49. The van der Waals surface area contributed by atoms with Crippen LogP contribution in [0.4, 0.5) is 0 Å². The maximum Gasteiger partial charge on any atom is 0.262 e. The van der Waals surface area contributed by atoms with Crippen LogP contribution >= 0.6 is 27.3 Å². The third-order valence-electron chi connectivity index (χ3n) is 3.14. The van der Waals surface area contributed by atoms with Gasteiger partial charge in [0.2, 0.25) is 5.91 Å². The summed E-state index contributed by atoms with van der Waals surface area (Å²) < 4.78 is 5.82. The summed E-state index contributed by atoms with van der Waals surface area (Å²) in [4.78, 5) is 25.3. The quantitative estimate of drug-likeness (QED) is 0.542. The summed E-state index contributed by atoms with van der Waals surface area (Å²) in [6.07, 6.45) is 1.66. The summed E-state index contributed by atoms with van der Waals surface area (Å²) in [6, 6.07) is 6.56. The van der Waals surface area contributed by atoms with Crippen LogP contribution in [0.3, 0.4) is 0 Å². The molecule has 8 heteroatoms. The number of rotatable bonds is 7. The molecule has 128 valence electrons. The average Bonchev–Trinajstić information content (AvgIpc) is 3.16. The molecule has 0 aliphatic heterocycles. The Morgan fingerprint density at radius 2 is 2.17 bits per heavy atom. The molecular formula is C16H18BrN3O3S. The summed E-state index contributed by atoms with van der Waals surface area (Å²) in [6.45, 7) is 3.73. The van der Waals surface area contributed by atoms with Crippen LogP contribution in [0.5, 0.6) is 0 Å². The summed E-state index contributed by atoms with van der Waals surface area (Å²) in [5.74, 6) is -0.119. The number of amides is 2. The van der Waals surface area contributed by atoms with E-state index in [1.54, 1.807) is 12.1 Å². The second-order valence-electron chi connectivity index (χ2n) is 5.42. The molecule has 2 aromatic heterocycles. The Bertz CT molecular complexity index is 710. The lowest BCUT2D eigenvalue weighted by atomic mass is 10.0. The predicted octanol–water partition coefficient (Wildman–Crippen LogP) is 2.94. The minimum absolute atomic E-state index is 0.0646. The first-order valence-electron chi connectivity index (χ1n) is 7.35. The Labute approximate surface area is 152 Å². The fourth-order valence-corrected chi connectivity index (χ4v) is 2.98. The third kappa shape index (κ3) is 5.61. The first-order valence-corrected chi connectivity index (χ1v) is 9.03. The van der Waals surface area contributed by atoms with Crippen molar-refractivity contribution in [3.05, 3.63) is 45.0 Å². The zero-order chi connectivity index (χ0) is 17.5. The Hall–Kier alpha value is -1.93. The summed E-state index contributed by atoms with van der Waals surface area (Å²) in [5, 5.41) is 8.52. The van der Waals surface area contributed by atoms with Crippen molar-refractivity contribution in [3.8, 4) is 0 Å². The monoisotopic (exact) mass is 411 g/mol. The summed E-state index contributed by atoms with van der Waals surface area (Å²) in [5.41, 5.74) is 2.43. The first kappa shape index (κ1) is 18.4. The molecule has 0 aromatic carbocycles. The van der Waals surface area contributed by atoms with E-state index in [4.69, 9.17) is 4.42 Å². The van der Waals surface area contributed by atoms with E-state index in [-0.39, 0.29) is 24.2 Å². The average molecular weight is 412 g/mol. The standard InChI is InChI=1S/C16H18BrN3O3S/c1-10(2)15(19-14(21)8-12-4-3-7-24-12)16(22)20-18-9-11-5-6-13(17)23-11/h3-7,9-10,15H,8H2,1-2H3,(H,19,21)(H,20,22)/b18-9+/t15-/m0/s1. The van der Waals surface area contributed by atoms with Crippen LogP contribution in [0, 0.1) is 5.92 Å². The van der Waals surface area contributed by atoms with Gasteiger partial charge in [0.25, 0.3) is 5.91 Å². The zero-order valence-corrected chi connectivity index (χ0v) is 15.7. The number of furan rings is 1. The normalized spacial score (nSPS) is 12.5. The fraction of sp³-hybridized carbons (Fsp3) is 0.312. The predicted molar refractivity (Wildman–Crippen MR) is 96.9 cm³/mol. The lowest BCUT2D eigenvalue weighted by Gasteiger charge is -2.20. The molecule has 0 radical (unpaired) electrons.